The fourth-order valence-electron chi connectivity index (χ4n) is 1.62. The second kappa shape index (κ2) is 9.89. The lowest BCUT2D eigenvalue weighted by Crippen LogP contribution is -2.45. The molecule has 0 fully saturated rings. The van der Waals surface area contributed by atoms with Crippen LogP contribution in [0.5, 0.6) is 0 Å². The number of ether oxygens (including phenoxy) is 1. The van der Waals surface area contributed by atoms with Gasteiger partial charge in [-0.1, -0.05) is 32.9 Å². The molecule has 0 bridgehead atoms. The highest BCUT2D eigenvalue weighted by Gasteiger charge is 2.24. The lowest BCUT2D eigenvalue weighted by Gasteiger charge is -2.20. The zero-order chi connectivity index (χ0) is 14.8. The maximum absolute atomic E-state index is 11.9. The van der Waals surface area contributed by atoms with E-state index in [-0.39, 0.29) is 17.7 Å². The molecule has 0 spiro atoms. The minimum Gasteiger partial charge on any atom is -0.467 e. The van der Waals surface area contributed by atoms with Gasteiger partial charge in [0.05, 0.1) is 7.11 Å². The fourth-order valence-corrected chi connectivity index (χ4v) is 1.77. The molecule has 0 aliphatic heterocycles. The number of methoxy groups -OCH3 is 1. The Labute approximate surface area is 121 Å². The Morgan fingerprint density at radius 3 is 2.42 bits per heavy atom. The van der Waals surface area contributed by atoms with Crippen LogP contribution in [0, 0.1) is 11.8 Å². The average molecular weight is 287 g/mol. The van der Waals surface area contributed by atoms with Gasteiger partial charge in [-0.25, -0.2) is 4.79 Å². The number of esters is 1. The molecule has 1 N–H and O–H groups in total. The molecule has 19 heavy (non-hydrogen) atoms. The SMILES string of the molecule is COC(=O)C(NC(=O)CC(C)/C=C/CCS)C(C)C. The van der Waals surface area contributed by atoms with Crippen LogP contribution in [0.15, 0.2) is 12.2 Å². The van der Waals surface area contributed by atoms with Crippen molar-refractivity contribution >= 4 is 24.5 Å². The molecule has 0 aliphatic rings. The first kappa shape index (κ1) is 18.0. The summed E-state index contributed by atoms with van der Waals surface area (Å²) in [6, 6.07) is -0.578. The van der Waals surface area contributed by atoms with Gasteiger partial charge in [-0.15, -0.1) is 0 Å². The van der Waals surface area contributed by atoms with Crippen molar-refractivity contribution in [2.45, 2.75) is 39.7 Å². The van der Waals surface area contributed by atoms with Gasteiger partial charge in [0.1, 0.15) is 6.04 Å². The number of allylic oxidation sites excluding steroid dienone is 2. The molecule has 0 saturated carbocycles. The van der Waals surface area contributed by atoms with Crippen LogP contribution in [0.1, 0.15) is 33.6 Å². The van der Waals surface area contributed by atoms with Gasteiger partial charge in [0.15, 0.2) is 0 Å². The maximum atomic E-state index is 11.9. The van der Waals surface area contributed by atoms with Gasteiger partial charge < -0.3 is 10.1 Å². The van der Waals surface area contributed by atoms with Crippen LogP contribution in [0.4, 0.5) is 0 Å². The van der Waals surface area contributed by atoms with Gasteiger partial charge in [-0.3, -0.25) is 4.79 Å². The minimum atomic E-state index is -0.578. The van der Waals surface area contributed by atoms with Gasteiger partial charge in [0.25, 0.3) is 0 Å². The molecule has 110 valence electrons. The van der Waals surface area contributed by atoms with Crippen LogP contribution in [0.3, 0.4) is 0 Å². The highest BCUT2D eigenvalue weighted by molar-refractivity contribution is 7.80. The van der Waals surface area contributed by atoms with E-state index in [0.29, 0.717) is 6.42 Å². The molecular formula is C14H25NO3S. The standard InChI is InChI=1S/C14H25NO3S/c1-10(2)13(14(17)18-4)15-12(16)9-11(3)7-5-6-8-19/h5,7,10-11,13,19H,6,8-9H2,1-4H3,(H,15,16)/b7-5+. The van der Waals surface area contributed by atoms with Crippen LogP contribution in [0.25, 0.3) is 0 Å². The lowest BCUT2D eigenvalue weighted by molar-refractivity contribution is -0.146. The third-order valence-electron chi connectivity index (χ3n) is 2.71. The minimum absolute atomic E-state index is 0.00595. The molecule has 5 heteroatoms. The number of hydrogen-bond donors (Lipinski definition) is 2. The second-order valence-corrected chi connectivity index (χ2v) is 5.38. The third-order valence-corrected chi connectivity index (χ3v) is 2.96. The molecule has 0 rings (SSSR count). The Hall–Kier alpha value is -0.970. The van der Waals surface area contributed by atoms with Crippen molar-refractivity contribution in [3.05, 3.63) is 12.2 Å². The second-order valence-electron chi connectivity index (χ2n) is 4.93. The molecule has 4 nitrogen and oxygen atoms in total. The number of hydrogen-bond acceptors (Lipinski definition) is 4. The van der Waals surface area contributed by atoms with Gasteiger partial charge in [0, 0.05) is 6.42 Å². The monoisotopic (exact) mass is 287 g/mol. The van der Waals surface area contributed by atoms with E-state index in [2.05, 4.69) is 22.7 Å². The molecule has 2 unspecified atom stereocenters. The number of carbonyl (C=O) groups is 2. The van der Waals surface area contributed by atoms with Gasteiger partial charge in [-0.05, 0) is 24.0 Å². The summed E-state index contributed by atoms with van der Waals surface area (Å²) < 4.78 is 4.68. The quantitative estimate of drug-likeness (QED) is 0.409. The molecule has 0 heterocycles. The van der Waals surface area contributed by atoms with E-state index in [4.69, 9.17) is 0 Å². The lowest BCUT2D eigenvalue weighted by atomic mass is 10.0. The Bertz CT molecular complexity index is 316. The van der Waals surface area contributed by atoms with Gasteiger partial charge in [-0.2, -0.15) is 12.6 Å². The van der Waals surface area contributed by atoms with E-state index in [9.17, 15) is 9.59 Å². The zero-order valence-electron chi connectivity index (χ0n) is 12.2. The first-order chi connectivity index (χ1) is 8.92. The summed E-state index contributed by atoms with van der Waals surface area (Å²) in [7, 11) is 1.33. The Kier molecular flexibility index (Phi) is 9.39. The smallest absolute Gasteiger partial charge is 0.328 e. The van der Waals surface area contributed by atoms with Crippen molar-refractivity contribution in [2.24, 2.45) is 11.8 Å². The zero-order valence-corrected chi connectivity index (χ0v) is 13.1. The fraction of sp³-hybridized carbons (Fsp3) is 0.714. The predicted octanol–water partition coefficient (Wildman–Crippen LogP) is 2.20. The first-order valence-electron chi connectivity index (χ1n) is 6.57. The molecule has 0 aromatic heterocycles. The van der Waals surface area contributed by atoms with Crippen LogP contribution in [-0.2, 0) is 14.3 Å². The van der Waals surface area contributed by atoms with Gasteiger partial charge in [0.2, 0.25) is 5.91 Å². The number of amides is 1. The normalized spacial score (nSPS) is 14.4. The Morgan fingerprint density at radius 2 is 1.95 bits per heavy atom. The highest BCUT2D eigenvalue weighted by Crippen LogP contribution is 2.08. The predicted molar refractivity (Wildman–Crippen MR) is 80.2 cm³/mol. The molecule has 2 atom stereocenters. The highest BCUT2D eigenvalue weighted by atomic mass is 32.1. The van der Waals surface area contributed by atoms with E-state index >= 15 is 0 Å². The Balaban J connectivity index is 4.30. The van der Waals surface area contributed by atoms with Crippen LogP contribution in [-0.4, -0.2) is 30.8 Å². The molecule has 0 aromatic rings. The van der Waals surface area contributed by atoms with E-state index < -0.39 is 12.0 Å². The molecule has 1 amide bonds. The molecule has 0 aromatic carbocycles. The van der Waals surface area contributed by atoms with Crippen molar-refractivity contribution in [1.29, 1.82) is 0 Å². The summed E-state index contributed by atoms with van der Waals surface area (Å²) in [6.07, 6.45) is 5.28. The largest absolute Gasteiger partial charge is 0.467 e. The van der Waals surface area contributed by atoms with E-state index in [1.165, 1.54) is 7.11 Å². The molecule has 0 saturated heterocycles. The van der Waals surface area contributed by atoms with E-state index in [1.54, 1.807) is 0 Å². The summed E-state index contributed by atoms with van der Waals surface area (Å²) in [4.78, 5) is 23.4. The van der Waals surface area contributed by atoms with Crippen LogP contribution >= 0.6 is 12.6 Å². The number of rotatable bonds is 8. The van der Waals surface area contributed by atoms with E-state index in [0.717, 1.165) is 12.2 Å². The van der Waals surface area contributed by atoms with Crippen molar-refractivity contribution < 1.29 is 14.3 Å². The summed E-state index contributed by atoms with van der Waals surface area (Å²) in [6.45, 7) is 5.72. The number of carbonyl (C=O) groups excluding carboxylic acids is 2. The maximum Gasteiger partial charge on any atom is 0.328 e. The number of nitrogens with one attached hydrogen (secondary N) is 1. The summed E-state index contributed by atoms with van der Waals surface area (Å²) in [5.74, 6) is 0.415. The topological polar surface area (TPSA) is 55.4 Å². The van der Waals surface area contributed by atoms with Crippen LogP contribution < -0.4 is 5.32 Å². The van der Waals surface area contributed by atoms with Gasteiger partial charge >= 0.3 is 5.97 Å². The van der Waals surface area contributed by atoms with Crippen LogP contribution in [0.2, 0.25) is 0 Å². The number of thiol groups is 1. The third kappa shape index (κ3) is 7.93. The Morgan fingerprint density at radius 1 is 1.32 bits per heavy atom. The molecule has 0 radical (unpaired) electrons. The summed E-state index contributed by atoms with van der Waals surface area (Å²) in [5, 5.41) is 2.73. The first-order valence-corrected chi connectivity index (χ1v) is 7.20. The van der Waals surface area contributed by atoms with Crippen molar-refractivity contribution in [3.63, 3.8) is 0 Å². The van der Waals surface area contributed by atoms with Crippen molar-refractivity contribution in [3.8, 4) is 0 Å². The van der Waals surface area contributed by atoms with E-state index in [1.807, 2.05) is 32.9 Å². The average Bonchev–Trinajstić information content (AvgIpc) is 2.35. The molecular weight excluding hydrogens is 262 g/mol. The van der Waals surface area contributed by atoms with Crippen molar-refractivity contribution in [1.82, 2.24) is 5.32 Å². The summed E-state index contributed by atoms with van der Waals surface area (Å²) >= 11 is 4.11. The summed E-state index contributed by atoms with van der Waals surface area (Å²) in [5.41, 5.74) is 0. The molecule has 0 aliphatic carbocycles. The van der Waals surface area contributed by atoms with Crippen molar-refractivity contribution in [2.75, 3.05) is 12.9 Å².